The Hall–Kier alpha value is 1.15. The quantitative estimate of drug-likeness (QED) is 0.400. The number of hydrogen-bond donors (Lipinski definition) is 0. The van der Waals surface area contributed by atoms with Gasteiger partial charge in [-0.25, -0.2) is 0 Å². The third-order valence-corrected chi connectivity index (χ3v) is 2.83. The molecule has 0 aliphatic heterocycles. The molecule has 5 heteroatoms. The maximum absolute atomic E-state index is 5.08. The third kappa shape index (κ3) is 15.6. The van der Waals surface area contributed by atoms with Crippen LogP contribution >= 0.6 is 33.8 Å². The Balaban J connectivity index is 0. The van der Waals surface area contributed by atoms with Crippen molar-refractivity contribution in [3.05, 3.63) is 5.32 Å². The topological polar surface area (TPSA) is 14.1 Å². The maximum atomic E-state index is 5.08. The van der Waals surface area contributed by atoms with Crippen molar-refractivity contribution in [3.63, 3.8) is 0 Å². The molecular weight excluding hydrogens is 314 g/mol. The molecule has 84 valence electrons. The van der Waals surface area contributed by atoms with Crippen molar-refractivity contribution in [1.82, 2.24) is 0 Å². The molecule has 14 heavy (non-hydrogen) atoms. The van der Waals surface area contributed by atoms with Crippen LogP contribution in [0.2, 0.25) is 0 Å². The first-order valence-corrected chi connectivity index (χ1v) is 9.00. The summed E-state index contributed by atoms with van der Waals surface area (Å²) in [6, 6.07) is 0. The summed E-state index contributed by atoms with van der Waals surface area (Å²) in [6.07, 6.45) is 4.85. The molecule has 0 amide bonds. The van der Waals surface area contributed by atoms with Gasteiger partial charge in [0, 0.05) is 0 Å². The van der Waals surface area contributed by atoms with Crippen LogP contribution in [0.3, 0.4) is 0 Å². The van der Waals surface area contributed by atoms with Gasteiger partial charge >= 0.3 is 27.8 Å². The molecule has 0 aromatic heterocycles. The van der Waals surface area contributed by atoms with E-state index < -0.39 is 0 Å². The fourth-order valence-corrected chi connectivity index (χ4v) is 1.81. The Morgan fingerprint density at radius 1 is 1.21 bits per heavy atom. The van der Waals surface area contributed by atoms with E-state index in [9.17, 15) is 0 Å². The molecule has 0 fully saturated rings. The van der Waals surface area contributed by atoms with Gasteiger partial charge in [-0.05, 0) is 16.5 Å². The molecule has 0 saturated carbocycles. The Morgan fingerprint density at radius 3 is 2.29 bits per heavy atom. The van der Waals surface area contributed by atoms with E-state index in [1.54, 1.807) is 11.8 Å². The summed E-state index contributed by atoms with van der Waals surface area (Å²) in [5, 5.41) is 4.28. The van der Waals surface area contributed by atoms with Crippen LogP contribution in [-0.4, -0.2) is 16.6 Å². The van der Waals surface area contributed by atoms with E-state index in [-0.39, 0.29) is 0 Å². The van der Waals surface area contributed by atoms with E-state index >= 15 is 0 Å². The fourth-order valence-electron chi connectivity index (χ4n) is 0.678. The average Bonchev–Trinajstić information content (AvgIpc) is 2.22. The van der Waals surface area contributed by atoms with Crippen molar-refractivity contribution in [3.8, 4) is 0 Å². The van der Waals surface area contributed by atoms with Crippen LogP contribution in [0.4, 0.5) is 0 Å². The Labute approximate surface area is 113 Å². The van der Waals surface area contributed by atoms with E-state index in [4.69, 9.17) is 12.2 Å². The molecule has 0 heterocycles. The van der Waals surface area contributed by atoms with Gasteiger partial charge in [-0.15, -0.1) is 18.3 Å². The van der Waals surface area contributed by atoms with E-state index in [1.165, 1.54) is 37.3 Å². The van der Waals surface area contributed by atoms with Crippen LogP contribution in [0.1, 0.15) is 39.5 Å². The number of thioether (sulfide) groups is 1. The normalized spacial score (nSPS) is 8.71. The monoisotopic (exact) mass is 334 g/mol. The summed E-state index contributed by atoms with van der Waals surface area (Å²) in [5.74, 6) is 1.13. The number of hydrogen-bond acceptors (Lipinski definition) is 3. The first-order chi connectivity index (χ1) is 6.81. The molecule has 1 nitrogen and oxygen atoms in total. The van der Waals surface area contributed by atoms with Gasteiger partial charge < -0.3 is 5.32 Å². The predicted octanol–water partition coefficient (Wildman–Crippen LogP) is 4.62. The van der Waals surface area contributed by atoms with Crippen LogP contribution in [0.15, 0.2) is 0 Å². The molecule has 0 rings (SSSR count). The molecule has 0 N–H and O–H groups in total. The molecule has 0 aromatic carbocycles. The second-order valence-corrected chi connectivity index (χ2v) is 4.43. The minimum absolute atomic E-state index is 0.844. The summed E-state index contributed by atoms with van der Waals surface area (Å²) in [7, 11) is 4.09. The molecule has 0 spiro atoms. The van der Waals surface area contributed by atoms with Crippen molar-refractivity contribution >= 4 is 38.1 Å². The van der Waals surface area contributed by atoms with Gasteiger partial charge in [-0.1, -0.05) is 45.3 Å². The zero-order valence-corrected chi connectivity index (χ0v) is 13.3. The second kappa shape index (κ2) is 16.6. The number of rotatable bonds is 6. The number of unbranched alkanes of at least 4 members (excludes halogenated alkanes) is 2. The van der Waals surface area contributed by atoms with Gasteiger partial charge in [-0.3, -0.25) is 0 Å². The Bertz CT molecular complexity index is 121. The van der Waals surface area contributed by atoms with Crippen LogP contribution < -0.4 is 0 Å². The number of thiocarbonyl (C=S) groups is 1. The summed E-state index contributed by atoms with van der Waals surface area (Å²) in [6.45, 7) is 5.27. The first kappa shape index (κ1) is 17.5. The van der Waals surface area contributed by atoms with Crippen LogP contribution in [-0.2, 0) is 18.0 Å². The van der Waals surface area contributed by atoms with Crippen molar-refractivity contribution in [2.24, 2.45) is 0 Å². The SMILES string of the molecule is CCCC[N-]C(=S)SCCCC.[S]=[Mo]. The van der Waals surface area contributed by atoms with Crippen LogP contribution in [0, 0.1) is 0 Å². The van der Waals surface area contributed by atoms with E-state index in [0.717, 1.165) is 23.0 Å². The Kier molecular flexibility index (Phi) is 20.8. The van der Waals surface area contributed by atoms with Crippen molar-refractivity contribution in [1.29, 1.82) is 0 Å². The molecule has 0 aromatic rings. The van der Waals surface area contributed by atoms with Gasteiger partial charge in [0.25, 0.3) is 0 Å². The average molecular weight is 332 g/mol. The van der Waals surface area contributed by atoms with E-state index in [2.05, 4.69) is 29.0 Å². The minimum atomic E-state index is 0.844. The zero-order valence-electron chi connectivity index (χ0n) is 8.82. The molecule has 0 radical (unpaired) electrons. The molecule has 0 bridgehead atoms. The molecule has 0 aliphatic carbocycles. The van der Waals surface area contributed by atoms with Gasteiger partial charge in [-0.2, -0.15) is 0 Å². The third-order valence-electron chi connectivity index (χ3n) is 1.48. The second-order valence-electron chi connectivity index (χ2n) is 2.70. The Morgan fingerprint density at radius 2 is 1.79 bits per heavy atom. The predicted molar refractivity (Wildman–Crippen MR) is 70.7 cm³/mol. The standard InChI is InChI=1S/C9H19NS2.Mo.S/c1-3-5-7-10-9(11)12-8-6-4-2;;/h3-8H2,1-2H3,(H,10,11);;/p-1. The summed E-state index contributed by atoms with van der Waals surface area (Å²) in [5.41, 5.74) is 0. The van der Waals surface area contributed by atoms with Crippen LogP contribution in [0.5, 0.6) is 0 Å². The first-order valence-electron chi connectivity index (χ1n) is 4.82. The summed E-state index contributed by atoms with van der Waals surface area (Å²) >= 11 is 8.33. The van der Waals surface area contributed by atoms with E-state index in [0.29, 0.717) is 0 Å². The molecule has 0 unspecified atom stereocenters. The van der Waals surface area contributed by atoms with Gasteiger partial charge in [0.2, 0.25) is 0 Å². The van der Waals surface area contributed by atoms with Crippen molar-refractivity contribution in [2.45, 2.75) is 39.5 Å². The van der Waals surface area contributed by atoms with Crippen molar-refractivity contribution < 1.29 is 18.0 Å². The summed E-state index contributed by atoms with van der Waals surface area (Å²) < 4.78 is 0.844. The van der Waals surface area contributed by atoms with Crippen molar-refractivity contribution in [2.75, 3.05) is 12.3 Å². The molecule has 0 atom stereocenters. The molecule has 0 aliphatic rings. The number of nitrogens with zero attached hydrogens (tertiary/aromatic N) is 1. The summed E-state index contributed by atoms with van der Waals surface area (Å²) in [4.78, 5) is 0. The van der Waals surface area contributed by atoms with Gasteiger partial charge in [0.15, 0.2) is 0 Å². The van der Waals surface area contributed by atoms with E-state index in [1.807, 2.05) is 0 Å². The van der Waals surface area contributed by atoms with Gasteiger partial charge in [0.05, 0.1) is 0 Å². The fraction of sp³-hybridized carbons (Fsp3) is 0.889. The van der Waals surface area contributed by atoms with Gasteiger partial charge in [0.1, 0.15) is 0 Å². The molecule has 0 saturated heterocycles. The molecular formula is C9H18MoNS3-. The van der Waals surface area contributed by atoms with Crippen LogP contribution in [0.25, 0.3) is 5.32 Å². The zero-order chi connectivity index (χ0) is 11.2.